The van der Waals surface area contributed by atoms with Crippen LogP contribution in [0.5, 0.6) is 5.75 Å². The molecular weight excluding hydrogens is 196 g/mol. The van der Waals surface area contributed by atoms with Gasteiger partial charge in [0, 0.05) is 0 Å². The summed E-state index contributed by atoms with van der Waals surface area (Å²) in [4.78, 5) is 0. The molecule has 0 saturated carbocycles. The topological polar surface area (TPSA) is 20.2 Å². The Morgan fingerprint density at radius 3 is 2.19 bits per heavy atom. The SMILES string of the molecule is CCCCCCCCCc1ccccc1O. The number of hydrogen-bond acceptors (Lipinski definition) is 1. The van der Waals surface area contributed by atoms with Crippen LogP contribution in [0.25, 0.3) is 0 Å². The molecule has 0 saturated heterocycles. The molecule has 1 aromatic rings. The predicted octanol–water partition coefficient (Wildman–Crippen LogP) is 4.69. The standard InChI is InChI=1S/C15H24O/c1-2-3-4-5-6-7-8-11-14-12-9-10-13-15(14)16/h9-10,12-13,16H,2-8,11H2,1H3. The van der Waals surface area contributed by atoms with Crippen LogP contribution in [-0.4, -0.2) is 5.11 Å². The van der Waals surface area contributed by atoms with Gasteiger partial charge in [-0.1, -0.05) is 63.6 Å². The maximum atomic E-state index is 9.58. The summed E-state index contributed by atoms with van der Waals surface area (Å²) in [7, 11) is 0. The van der Waals surface area contributed by atoms with Crippen molar-refractivity contribution in [1.82, 2.24) is 0 Å². The van der Waals surface area contributed by atoms with Crippen molar-refractivity contribution in [1.29, 1.82) is 0 Å². The molecule has 0 fully saturated rings. The lowest BCUT2D eigenvalue weighted by atomic mass is 10.0. The molecule has 1 heteroatoms. The van der Waals surface area contributed by atoms with Crippen molar-refractivity contribution in [3.63, 3.8) is 0 Å². The van der Waals surface area contributed by atoms with Gasteiger partial charge in [0.05, 0.1) is 0 Å². The van der Waals surface area contributed by atoms with Crippen molar-refractivity contribution >= 4 is 0 Å². The highest BCUT2D eigenvalue weighted by atomic mass is 16.3. The van der Waals surface area contributed by atoms with Crippen LogP contribution in [0.3, 0.4) is 0 Å². The Morgan fingerprint density at radius 1 is 0.875 bits per heavy atom. The number of hydrogen-bond donors (Lipinski definition) is 1. The van der Waals surface area contributed by atoms with Crippen molar-refractivity contribution in [3.05, 3.63) is 29.8 Å². The number of aromatic hydroxyl groups is 1. The normalized spacial score (nSPS) is 10.6. The van der Waals surface area contributed by atoms with Crippen molar-refractivity contribution in [3.8, 4) is 5.75 Å². The van der Waals surface area contributed by atoms with E-state index in [4.69, 9.17) is 0 Å². The average molecular weight is 220 g/mol. The van der Waals surface area contributed by atoms with E-state index in [0.717, 1.165) is 12.0 Å². The molecule has 0 spiro atoms. The van der Waals surface area contributed by atoms with E-state index in [9.17, 15) is 5.11 Å². The molecule has 16 heavy (non-hydrogen) atoms. The minimum Gasteiger partial charge on any atom is -0.508 e. The van der Waals surface area contributed by atoms with Crippen LogP contribution >= 0.6 is 0 Å². The number of aryl methyl sites for hydroxylation is 1. The molecule has 90 valence electrons. The van der Waals surface area contributed by atoms with E-state index in [2.05, 4.69) is 6.92 Å². The molecule has 0 heterocycles. The zero-order chi connectivity index (χ0) is 11.6. The van der Waals surface area contributed by atoms with Crippen molar-refractivity contribution in [2.75, 3.05) is 0 Å². The Morgan fingerprint density at radius 2 is 1.50 bits per heavy atom. The first-order chi connectivity index (χ1) is 7.84. The summed E-state index contributed by atoms with van der Waals surface area (Å²) in [5.41, 5.74) is 1.09. The van der Waals surface area contributed by atoms with Crippen LogP contribution in [-0.2, 0) is 6.42 Å². The second kappa shape index (κ2) is 8.20. The van der Waals surface area contributed by atoms with E-state index in [0.29, 0.717) is 5.75 Å². The van der Waals surface area contributed by atoms with Crippen molar-refractivity contribution in [2.24, 2.45) is 0 Å². The van der Waals surface area contributed by atoms with E-state index in [1.165, 1.54) is 44.9 Å². The van der Waals surface area contributed by atoms with Gasteiger partial charge in [-0.05, 0) is 24.5 Å². The Bertz CT molecular complexity index is 281. The molecule has 0 aromatic heterocycles. The Kier molecular flexibility index (Phi) is 6.71. The van der Waals surface area contributed by atoms with Gasteiger partial charge < -0.3 is 5.11 Å². The third-order valence-electron chi connectivity index (χ3n) is 3.04. The minimum absolute atomic E-state index is 0.452. The second-order valence-corrected chi connectivity index (χ2v) is 4.50. The molecule has 1 N–H and O–H groups in total. The van der Waals surface area contributed by atoms with E-state index in [1.807, 2.05) is 18.2 Å². The van der Waals surface area contributed by atoms with Gasteiger partial charge in [-0.2, -0.15) is 0 Å². The molecule has 0 bridgehead atoms. The van der Waals surface area contributed by atoms with Gasteiger partial charge >= 0.3 is 0 Å². The van der Waals surface area contributed by atoms with Crippen LogP contribution in [0.4, 0.5) is 0 Å². The highest BCUT2D eigenvalue weighted by Gasteiger charge is 1.98. The van der Waals surface area contributed by atoms with Gasteiger partial charge in [0.15, 0.2) is 0 Å². The van der Waals surface area contributed by atoms with Gasteiger partial charge in [0.25, 0.3) is 0 Å². The predicted molar refractivity (Wildman–Crippen MR) is 69.8 cm³/mol. The Labute approximate surface area is 99.5 Å². The molecule has 0 atom stereocenters. The highest BCUT2D eigenvalue weighted by molar-refractivity contribution is 5.31. The fraction of sp³-hybridized carbons (Fsp3) is 0.600. The van der Waals surface area contributed by atoms with Crippen LogP contribution in [0.15, 0.2) is 24.3 Å². The summed E-state index contributed by atoms with van der Waals surface area (Å²) in [5, 5.41) is 9.58. The molecule has 0 radical (unpaired) electrons. The smallest absolute Gasteiger partial charge is 0.118 e. The molecule has 0 aliphatic carbocycles. The summed E-state index contributed by atoms with van der Waals surface area (Å²) < 4.78 is 0. The largest absolute Gasteiger partial charge is 0.508 e. The molecule has 1 aromatic carbocycles. The number of phenolic OH excluding ortho intramolecular Hbond substituents is 1. The van der Waals surface area contributed by atoms with Gasteiger partial charge in [-0.15, -0.1) is 0 Å². The monoisotopic (exact) mass is 220 g/mol. The maximum Gasteiger partial charge on any atom is 0.118 e. The number of para-hydroxylation sites is 1. The summed E-state index contributed by atoms with van der Waals surface area (Å²) in [6, 6.07) is 7.67. The fourth-order valence-electron chi connectivity index (χ4n) is 1.99. The summed E-state index contributed by atoms with van der Waals surface area (Å²) in [6.45, 7) is 2.25. The van der Waals surface area contributed by atoms with E-state index in [1.54, 1.807) is 6.07 Å². The number of rotatable bonds is 8. The number of benzene rings is 1. The minimum atomic E-state index is 0.452. The maximum absolute atomic E-state index is 9.58. The Balaban J connectivity index is 2.05. The first kappa shape index (κ1) is 13.1. The van der Waals surface area contributed by atoms with Crippen molar-refractivity contribution in [2.45, 2.75) is 58.3 Å². The zero-order valence-corrected chi connectivity index (χ0v) is 10.4. The van der Waals surface area contributed by atoms with E-state index < -0.39 is 0 Å². The van der Waals surface area contributed by atoms with E-state index >= 15 is 0 Å². The van der Waals surface area contributed by atoms with Gasteiger partial charge in [0.1, 0.15) is 5.75 Å². The van der Waals surface area contributed by atoms with Gasteiger partial charge in [-0.25, -0.2) is 0 Å². The average Bonchev–Trinajstić information content (AvgIpc) is 2.30. The summed E-state index contributed by atoms with van der Waals surface area (Å²) >= 11 is 0. The summed E-state index contributed by atoms with van der Waals surface area (Å²) in [6.07, 6.45) is 10.3. The van der Waals surface area contributed by atoms with Crippen LogP contribution in [0.1, 0.15) is 57.4 Å². The van der Waals surface area contributed by atoms with E-state index in [-0.39, 0.29) is 0 Å². The zero-order valence-electron chi connectivity index (χ0n) is 10.4. The third kappa shape index (κ3) is 5.20. The lowest BCUT2D eigenvalue weighted by Gasteiger charge is -2.04. The lowest BCUT2D eigenvalue weighted by Crippen LogP contribution is -1.87. The Hall–Kier alpha value is -0.980. The van der Waals surface area contributed by atoms with Crippen molar-refractivity contribution < 1.29 is 5.11 Å². The van der Waals surface area contributed by atoms with Gasteiger partial charge in [-0.3, -0.25) is 0 Å². The molecule has 1 rings (SSSR count). The third-order valence-corrected chi connectivity index (χ3v) is 3.04. The number of unbranched alkanes of at least 4 members (excludes halogenated alkanes) is 6. The molecule has 0 unspecified atom stereocenters. The van der Waals surface area contributed by atoms with Crippen LogP contribution in [0.2, 0.25) is 0 Å². The highest BCUT2D eigenvalue weighted by Crippen LogP contribution is 2.18. The molecule has 0 amide bonds. The number of phenols is 1. The fourth-order valence-corrected chi connectivity index (χ4v) is 1.99. The van der Waals surface area contributed by atoms with Crippen LogP contribution in [0, 0.1) is 0 Å². The first-order valence-corrected chi connectivity index (χ1v) is 6.61. The van der Waals surface area contributed by atoms with Crippen LogP contribution < -0.4 is 0 Å². The molecule has 0 aliphatic heterocycles. The van der Waals surface area contributed by atoms with Gasteiger partial charge in [0.2, 0.25) is 0 Å². The molecule has 0 aliphatic rings. The molecule has 1 nitrogen and oxygen atoms in total. The quantitative estimate of drug-likeness (QED) is 0.630. The second-order valence-electron chi connectivity index (χ2n) is 4.50. The molecular formula is C15H24O. The summed E-state index contributed by atoms with van der Waals surface area (Å²) in [5.74, 6) is 0.452. The lowest BCUT2D eigenvalue weighted by molar-refractivity contribution is 0.466. The first-order valence-electron chi connectivity index (χ1n) is 6.61.